The molecule has 1 aliphatic heterocycles. The van der Waals surface area contributed by atoms with Crippen molar-refractivity contribution in [1.29, 1.82) is 0 Å². The van der Waals surface area contributed by atoms with Crippen molar-refractivity contribution < 1.29 is 18.0 Å². The van der Waals surface area contributed by atoms with Gasteiger partial charge in [0.25, 0.3) is 0 Å². The Hall–Kier alpha value is -2.54. The quantitative estimate of drug-likeness (QED) is 0.763. The molecule has 2 aromatic rings. The Morgan fingerprint density at radius 2 is 1.53 bits per heavy atom. The number of amides is 2. The Morgan fingerprint density at radius 3 is 2.07 bits per heavy atom. The summed E-state index contributed by atoms with van der Waals surface area (Å²) in [5, 5.41) is 3.14. The molecule has 0 radical (unpaired) electrons. The molecule has 2 aromatic carbocycles. The summed E-state index contributed by atoms with van der Waals surface area (Å²) < 4.78 is 38.5. The summed E-state index contributed by atoms with van der Waals surface area (Å²) in [7, 11) is 4.18. The van der Waals surface area contributed by atoms with Crippen molar-refractivity contribution in [2.45, 2.75) is 42.9 Å². The maximum Gasteiger partial charge on any atom is 0.416 e. The predicted molar refractivity (Wildman–Crippen MR) is 110 cm³/mol. The second-order valence-corrected chi connectivity index (χ2v) is 8.63. The van der Waals surface area contributed by atoms with E-state index in [4.69, 9.17) is 0 Å². The highest BCUT2D eigenvalue weighted by atomic mass is 19.4. The number of nitrogens with zero attached hydrogens (tertiary/aromatic N) is 2. The molecule has 0 bridgehead atoms. The Morgan fingerprint density at radius 1 is 0.933 bits per heavy atom. The van der Waals surface area contributed by atoms with Crippen molar-refractivity contribution in [2.24, 2.45) is 0 Å². The van der Waals surface area contributed by atoms with Gasteiger partial charge in [-0.2, -0.15) is 13.2 Å². The second-order valence-electron chi connectivity index (χ2n) is 8.63. The fourth-order valence-electron chi connectivity index (χ4n) is 4.91. The largest absolute Gasteiger partial charge is 0.416 e. The van der Waals surface area contributed by atoms with E-state index in [1.807, 2.05) is 6.07 Å². The van der Waals surface area contributed by atoms with Gasteiger partial charge in [0.05, 0.1) is 17.6 Å². The van der Waals surface area contributed by atoms with Gasteiger partial charge in [-0.1, -0.05) is 30.3 Å². The number of carbonyl (C=O) groups excluding carboxylic acids is 1. The highest BCUT2D eigenvalue weighted by Crippen LogP contribution is 2.46. The van der Waals surface area contributed by atoms with Gasteiger partial charge in [0.2, 0.25) is 0 Å². The number of hydrogen-bond acceptors (Lipinski definition) is 2. The third kappa shape index (κ3) is 3.55. The van der Waals surface area contributed by atoms with Gasteiger partial charge in [-0.05, 0) is 69.6 Å². The van der Waals surface area contributed by atoms with Gasteiger partial charge in [0, 0.05) is 11.2 Å². The minimum Gasteiger partial charge on any atom is -0.330 e. The molecule has 160 valence electrons. The van der Waals surface area contributed by atoms with E-state index >= 15 is 0 Å². The molecule has 1 heterocycles. The number of benzene rings is 2. The van der Waals surface area contributed by atoms with Gasteiger partial charge < -0.3 is 5.32 Å². The van der Waals surface area contributed by atoms with Crippen LogP contribution < -0.4 is 10.2 Å². The van der Waals surface area contributed by atoms with Crippen LogP contribution in [0.5, 0.6) is 0 Å². The molecule has 30 heavy (non-hydrogen) atoms. The van der Waals surface area contributed by atoms with Crippen molar-refractivity contribution in [2.75, 3.05) is 25.5 Å². The van der Waals surface area contributed by atoms with Crippen molar-refractivity contribution in [3.8, 4) is 0 Å². The molecule has 0 unspecified atom stereocenters. The topological polar surface area (TPSA) is 35.6 Å². The first-order chi connectivity index (χ1) is 14.2. The molecular formula is C23H26F3N3O. The molecule has 1 spiro atoms. The van der Waals surface area contributed by atoms with E-state index in [2.05, 4.69) is 48.6 Å². The minimum absolute atomic E-state index is 0.0843. The lowest BCUT2D eigenvalue weighted by atomic mass is 9.69. The lowest BCUT2D eigenvalue weighted by molar-refractivity contribution is -0.137. The van der Waals surface area contributed by atoms with Crippen LogP contribution in [0.2, 0.25) is 0 Å². The molecule has 4 rings (SSSR count). The van der Waals surface area contributed by atoms with Gasteiger partial charge >= 0.3 is 12.2 Å². The van der Waals surface area contributed by atoms with Gasteiger partial charge in [0.1, 0.15) is 0 Å². The molecule has 2 aliphatic rings. The van der Waals surface area contributed by atoms with E-state index < -0.39 is 11.7 Å². The van der Waals surface area contributed by atoms with Crippen molar-refractivity contribution >= 4 is 11.7 Å². The smallest absolute Gasteiger partial charge is 0.330 e. The maximum atomic E-state index is 12.8. The summed E-state index contributed by atoms with van der Waals surface area (Å²) in [4.78, 5) is 16.5. The van der Waals surface area contributed by atoms with Crippen LogP contribution >= 0.6 is 0 Å². The summed E-state index contributed by atoms with van der Waals surface area (Å²) in [5.74, 6) is 0. The van der Waals surface area contributed by atoms with E-state index in [0.29, 0.717) is 12.2 Å². The molecule has 7 heteroatoms. The van der Waals surface area contributed by atoms with Crippen molar-refractivity contribution in [3.05, 3.63) is 65.7 Å². The lowest BCUT2D eigenvalue weighted by Crippen LogP contribution is -2.54. The Labute approximate surface area is 174 Å². The van der Waals surface area contributed by atoms with Crippen LogP contribution in [0.25, 0.3) is 0 Å². The van der Waals surface area contributed by atoms with E-state index in [1.165, 1.54) is 17.7 Å². The summed E-state index contributed by atoms with van der Waals surface area (Å²) in [6, 6.07) is 15.0. The Balaban J connectivity index is 1.52. The number of alkyl halides is 3. The molecule has 2 amide bonds. The minimum atomic E-state index is -4.39. The average molecular weight is 417 g/mol. The fourth-order valence-corrected chi connectivity index (χ4v) is 4.91. The zero-order valence-electron chi connectivity index (χ0n) is 17.2. The number of halogens is 3. The van der Waals surface area contributed by atoms with Gasteiger partial charge in [0.15, 0.2) is 0 Å². The van der Waals surface area contributed by atoms with Crippen LogP contribution in [-0.4, -0.2) is 37.1 Å². The zero-order valence-corrected chi connectivity index (χ0v) is 17.2. The summed E-state index contributed by atoms with van der Waals surface area (Å²) >= 11 is 0. The first-order valence-electron chi connectivity index (χ1n) is 10.2. The Bertz CT molecular complexity index is 902. The van der Waals surface area contributed by atoms with Crippen LogP contribution in [0, 0.1) is 0 Å². The summed E-state index contributed by atoms with van der Waals surface area (Å²) in [6.45, 7) is 0.468. The number of nitrogens with one attached hydrogen (secondary N) is 1. The van der Waals surface area contributed by atoms with Crippen LogP contribution in [-0.2, 0) is 11.7 Å². The number of anilines is 1. The molecule has 1 aliphatic carbocycles. The summed E-state index contributed by atoms with van der Waals surface area (Å²) in [5.41, 5.74) is 0.614. The highest BCUT2D eigenvalue weighted by Gasteiger charge is 2.50. The number of hydrogen-bond donors (Lipinski definition) is 1. The lowest BCUT2D eigenvalue weighted by Gasteiger charge is -2.48. The number of rotatable bonds is 3. The first kappa shape index (κ1) is 20.7. The molecule has 1 saturated heterocycles. The second kappa shape index (κ2) is 7.30. The SMILES string of the molecule is CN(C)[C@]1(c2ccccc2)CC[C@]2(CC1)CN(c1ccc(C(F)(F)F)cc1)C(=O)N2. The standard InChI is InChI=1S/C23H26F3N3O/c1-28(2)22(17-6-4-3-5-7-17)14-12-21(13-15-22)16-29(20(30)27-21)19-10-8-18(9-11-19)23(24,25)26/h3-11H,12-16H2,1-2H3,(H,27,30)/t21-,22+. The average Bonchev–Trinajstić information content (AvgIpc) is 3.04. The van der Waals surface area contributed by atoms with E-state index in [9.17, 15) is 18.0 Å². The van der Waals surface area contributed by atoms with Crippen LogP contribution in [0.15, 0.2) is 54.6 Å². The number of urea groups is 1. The molecule has 4 nitrogen and oxygen atoms in total. The predicted octanol–water partition coefficient (Wildman–Crippen LogP) is 5.00. The Kier molecular flexibility index (Phi) is 5.04. The van der Waals surface area contributed by atoms with Crippen molar-refractivity contribution in [3.63, 3.8) is 0 Å². The molecule has 0 atom stereocenters. The summed E-state index contributed by atoms with van der Waals surface area (Å²) in [6.07, 6.45) is -0.981. The van der Waals surface area contributed by atoms with Crippen molar-refractivity contribution in [1.82, 2.24) is 10.2 Å². The molecule has 1 N–H and O–H groups in total. The molecule has 0 aromatic heterocycles. The van der Waals surface area contributed by atoms with E-state index in [1.54, 1.807) is 4.90 Å². The number of carbonyl (C=O) groups is 1. The van der Waals surface area contributed by atoms with Gasteiger partial charge in [-0.15, -0.1) is 0 Å². The van der Waals surface area contributed by atoms with Crippen LogP contribution in [0.3, 0.4) is 0 Å². The maximum absolute atomic E-state index is 12.8. The fraction of sp³-hybridized carbons (Fsp3) is 0.435. The molecule has 1 saturated carbocycles. The van der Waals surface area contributed by atoms with Crippen LogP contribution in [0.1, 0.15) is 36.8 Å². The third-order valence-electron chi connectivity index (χ3n) is 6.79. The van der Waals surface area contributed by atoms with Gasteiger partial charge in [-0.25, -0.2) is 4.79 Å². The van der Waals surface area contributed by atoms with E-state index in [-0.39, 0.29) is 17.1 Å². The first-order valence-corrected chi connectivity index (χ1v) is 10.2. The molecule has 2 fully saturated rings. The molecular weight excluding hydrogens is 391 g/mol. The van der Waals surface area contributed by atoms with E-state index in [0.717, 1.165) is 37.8 Å². The normalized spacial score (nSPS) is 27.0. The van der Waals surface area contributed by atoms with Gasteiger partial charge in [-0.3, -0.25) is 9.80 Å². The zero-order chi connectivity index (χ0) is 21.6. The monoisotopic (exact) mass is 417 g/mol. The third-order valence-corrected chi connectivity index (χ3v) is 6.79. The highest BCUT2D eigenvalue weighted by molar-refractivity contribution is 5.95. The van der Waals surface area contributed by atoms with Crippen LogP contribution in [0.4, 0.5) is 23.7 Å².